The van der Waals surface area contributed by atoms with Crippen molar-refractivity contribution in [3.63, 3.8) is 0 Å². The van der Waals surface area contributed by atoms with Crippen molar-refractivity contribution in [3.8, 4) is 0 Å². The van der Waals surface area contributed by atoms with E-state index in [9.17, 15) is 9.59 Å². The van der Waals surface area contributed by atoms with E-state index in [0.717, 1.165) is 6.42 Å². The van der Waals surface area contributed by atoms with Gasteiger partial charge >= 0.3 is 12.1 Å². The quantitative estimate of drug-likeness (QED) is 0.362. The molecule has 0 aliphatic heterocycles. The van der Waals surface area contributed by atoms with E-state index in [4.69, 9.17) is 9.47 Å². The van der Waals surface area contributed by atoms with E-state index in [0.29, 0.717) is 30.7 Å². The Kier molecular flexibility index (Phi) is 7.26. The van der Waals surface area contributed by atoms with Crippen LogP contribution in [-0.4, -0.2) is 35.8 Å². The summed E-state index contributed by atoms with van der Waals surface area (Å²) >= 11 is 0. The summed E-state index contributed by atoms with van der Waals surface area (Å²) in [5.74, 6) is 1.12. The number of fused-ring (bicyclic) bond motifs is 2. The molecule has 1 aromatic carbocycles. The second-order valence-corrected chi connectivity index (χ2v) is 11.5. The number of carbonyl (C=O) groups excluding carboxylic acids is 2. The van der Waals surface area contributed by atoms with Crippen LogP contribution in [-0.2, 0) is 14.3 Å². The largest absolute Gasteiger partial charge is 0.425 e. The van der Waals surface area contributed by atoms with Gasteiger partial charge in [-0.1, -0.05) is 51.1 Å². The number of amides is 1. The number of hydrogen-bond donors (Lipinski definition) is 0. The van der Waals surface area contributed by atoms with Crippen molar-refractivity contribution in [2.75, 3.05) is 6.54 Å². The zero-order valence-electron chi connectivity index (χ0n) is 20.9. The van der Waals surface area contributed by atoms with Gasteiger partial charge in [-0.3, -0.25) is 4.79 Å². The monoisotopic (exact) mass is 443 g/mol. The predicted octanol–water partition coefficient (Wildman–Crippen LogP) is 6.38. The summed E-state index contributed by atoms with van der Waals surface area (Å²) in [5, 5.41) is 0. The van der Waals surface area contributed by atoms with Crippen LogP contribution in [0.5, 0.6) is 0 Å². The van der Waals surface area contributed by atoms with E-state index in [2.05, 4.69) is 45.0 Å². The number of benzene rings is 1. The number of carbonyl (C=O) groups is 2. The molecule has 5 nitrogen and oxygen atoms in total. The van der Waals surface area contributed by atoms with Crippen molar-refractivity contribution >= 4 is 12.1 Å². The first-order chi connectivity index (χ1) is 14.9. The third-order valence-corrected chi connectivity index (χ3v) is 7.06. The van der Waals surface area contributed by atoms with Crippen LogP contribution >= 0.6 is 0 Å². The first-order valence-electron chi connectivity index (χ1n) is 12.2. The summed E-state index contributed by atoms with van der Waals surface area (Å²) in [4.78, 5) is 27.8. The van der Waals surface area contributed by atoms with E-state index in [1.165, 1.54) is 18.4 Å². The second-order valence-electron chi connectivity index (χ2n) is 11.5. The van der Waals surface area contributed by atoms with Crippen molar-refractivity contribution in [2.24, 2.45) is 22.7 Å². The Balaban J connectivity index is 1.67. The summed E-state index contributed by atoms with van der Waals surface area (Å²) in [7, 11) is 0. The number of ether oxygens (including phenoxy) is 2. The minimum atomic E-state index is -0.919. The molecule has 32 heavy (non-hydrogen) atoms. The molecule has 0 aromatic heterocycles. The van der Waals surface area contributed by atoms with Gasteiger partial charge in [0, 0.05) is 25.4 Å². The van der Waals surface area contributed by atoms with Crippen molar-refractivity contribution in [1.82, 2.24) is 4.90 Å². The highest BCUT2D eigenvalue weighted by Crippen LogP contribution is 2.55. The maximum Gasteiger partial charge on any atom is 0.413 e. The molecule has 2 aliphatic rings. The topological polar surface area (TPSA) is 55.8 Å². The summed E-state index contributed by atoms with van der Waals surface area (Å²) in [6, 6.07) is 10.7. The van der Waals surface area contributed by atoms with Gasteiger partial charge in [-0.05, 0) is 69.3 Å². The molecule has 3 rings (SSSR count). The first kappa shape index (κ1) is 24.6. The third-order valence-electron chi connectivity index (χ3n) is 7.06. The molecule has 5 heteroatoms. The van der Waals surface area contributed by atoms with Gasteiger partial charge in [-0.2, -0.15) is 0 Å². The summed E-state index contributed by atoms with van der Waals surface area (Å²) in [5.41, 5.74) is 0.654. The van der Waals surface area contributed by atoms with Gasteiger partial charge in [0.2, 0.25) is 6.29 Å². The van der Waals surface area contributed by atoms with Crippen LogP contribution in [0, 0.1) is 22.7 Å². The molecule has 1 amide bonds. The standard InChI is InChI=1S/C27H41NO4/c1-8-28(23-21-15-14-20(16-21)22(23)19-12-10-9-11-13-19)25(30)32-18(2)31-24(29)27(6,7)17-26(3,4)5/h9-13,18,20-23H,8,14-17H2,1-7H3. The van der Waals surface area contributed by atoms with Crippen LogP contribution in [0.1, 0.15) is 85.6 Å². The SMILES string of the molecule is CCN(C(=O)OC(C)OC(=O)C(C)(C)CC(C)(C)C)C1C2CCC(C2)C1c1ccccc1. The van der Waals surface area contributed by atoms with Crippen LogP contribution in [0.15, 0.2) is 30.3 Å². The molecule has 1 aromatic rings. The molecule has 2 bridgehead atoms. The molecule has 2 aliphatic carbocycles. The maximum atomic E-state index is 13.2. The van der Waals surface area contributed by atoms with E-state index >= 15 is 0 Å². The van der Waals surface area contributed by atoms with E-state index in [1.54, 1.807) is 6.92 Å². The molecule has 0 saturated heterocycles. The smallest absolute Gasteiger partial charge is 0.413 e. The lowest BCUT2D eigenvalue weighted by atomic mass is 9.76. The Morgan fingerprint density at radius 2 is 1.66 bits per heavy atom. The van der Waals surface area contributed by atoms with Gasteiger partial charge in [0.15, 0.2) is 0 Å². The van der Waals surface area contributed by atoms with E-state index < -0.39 is 11.7 Å². The molecular weight excluding hydrogens is 402 g/mol. The average Bonchev–Trinajstić information content (AvgIpc) is 3.29. The van der Waals surface area contributed by atoms with Crippen molar-refractivity contribution in [2.45, 2.75) is 92.4 Å². The fraction of sp³-hybridized carbons (Fsp3) is 0.704. The second kappa shape index (κ2) is 9.44. The van der Waals surface area contributed by atoms with Gasteiger partial charge in [0.05, 0.1) is 5.41 Å². The third kappa shape index (κ3) is 5.47. The first-order valence-corrected chi connectivity index (χ1v) is 12.2. The lowest BCUT2D eigenvalue weighted by Gasteiger charge is -2.39. The number of nitrogens with zero attached hydrogens (tertiary/aromatic N) is 1. The summed E-state index contributed by atoms with van der Waals surface area (Å²) < 4.78 is 11.2. The van der Waals surface area contributed by atoms with Crippen LogP contribution in [0.2, 0.25) is 0 Å². The van der Waals surface area contributed by atoms with Crippen molar-refractivity contribution in [3.05, 3.63) is 35.9 Å². The summed E-state index contributed by atoms with van der Waals surface area (Å²) in [6.07, 6.45) is 2.93. The van der Waals surface area contributed by atoms with E-state index in [1.807, 2.05) is 31.7 Å². The van der Waals surface area contributed by atoms with Crippen LogP contribution in [0.25, 0.3) is 0 Å². The average molecular weight is 444 g/mol. The highest BCUT2D eigenvalue weighted by molar-refractivity contribution is 5.76. The fourth-order valence-corrected chi connectivity index (χ4v) is 6.26. The zero-order valence-corrected chi connectivity index (χ0v) is 20.9. The van der Waals surface area contributed by atoms with Crippen molar-refractivity contribution in [1.29, 1.82) is 0 Å². The van der Waals surface area contributed by atoms with Crippen LogP contribution in [0.4, 0.5) is 4.79 Å². The molecule has 5 unspecified atom stereocenters. The molecule has 0 radical (unpaired) electrons. The molecule has 2 saturated carbocycles. The highest BCUT2D eigenvalue weighted by Gasteiger charge is 2.51. The minimum absolute atomic E-state index is 0.00428. The lowest BCUT2D eigenvalue weighted by molar-refractivity contribution is -0.178. The Labute approximate surface area is 193 Å². The van der Waals surface area contributed by atoms with Gasteiger partial charge in [-0.15, -0.1) is 0 Å². The number of hydrogen-bond acceptors (Lipinski definition) is 4. The van der Waals surface area contributed by atoms with Crippen molar-refractivity contribution < 1.29 is 19.1 Å². The molecule has 0 spiro atoms. The maximum absolute atomic E-state index is 13.2. The van der Waals surface area contributed by atoms with Gasteiger partial charge < -0.3 is 14.4 Å². The Bertz CT molecular complexity index is 798. The normalized spacial score (nSPS) is 26.0. The Morgan fingerprint density at radius 3 is 2.25 bits per heavy atom. The van der Waals surface area contributed by atoms with Gasteiger partial charge in [0.25, 0.3) is 0 Å². The Hall–Kier alpha value is -2.04. The van der Waals surface area contributed by atoms with Crippen LogP contribution in [0.3, 0.4) is 0 Å². The highest BCUT2D eigenvalue weighted by atomic mass is 16.7. The number of likely N-dealkylation sites (N-methyl/N-ethyl adjacent to an activating group) is 1. The number of rotatable bonds is 7. The molecule has 5 atom stereocenters. The molecule has 0 N–H and O–H groups in total. The molecular formula is C27H41NO4. The summed E-state index contributed by atoms with van der Waals surface area (Å²) in [6.45, 7) is 14.3. The fourth-order valence-electron chi connectivity index (χ4n) is 6.26. The zero-order chi connectivity index (χ0) is 23.7. The Morgan fingerprint density at radius 1 is 1.03 bits per heavy atom. The minimum Gasteiger partial charge on any atom is -0.425 e. The number of esters is 1. The van der Waals surface area contributed by atoms with E-state index in [-0.39, 0.29) is 23.5 Å². The van der Waals surface area contributed by atoms with Crippen LogP contribution < -0.4 is 0 Å². The molecule has 178 valence electrons. The van der Waals surface area contributed by atoms with Gasteiger partial charge in [0.1, 0.15) is 0 Å². The molecule has 2 fully saturated rings. The molecule has 0 heterocycles. The predicted molar refractivity (Wildman–Crippen MR) is 126 cm³/mol. The van der Waals surface area contributed by atoms with Gasteiger partial charge in [-0.25, -0.2) is 4.79 Å². The lowest BCUT2D eigenvalue weighted by Crippen LogP contribution is -2.48.